The lowest BCUT2D eigenvalue weighted by Gasteiger charge is -2.35. The zero-order valence-electron chi connectivity index (χ0n) is 24.2. The van der Waals surface area contributed by atoms with Crippen molar-refractivity contribution in [2.75, 3.05) is 63.3 Å². The number of nitrogens with two attached hydrogens (primary N) is 1. The minimum Gasteiger partial charge on any atom is -0.454 e. The van der Waals surface area contributed by atoms with Crippen molar-refractivity contribution in [3.8, 4) is 22.6 Å². The van der Waals surface area contributed by atoms with Gasteiger partial charge in [0.15, 0.2) is 11.5 Å². The average Bonchev–Trinajstić information content (AvgIpc) is 3.76. The highest BCUT2D eigenvalue weighted by atomic mass is 16.7. The number of rotatable bonds is 10. The lowest BCUT2D eigenvalue weighted by atomic mass is 10.0. The molecule has 3 aliphatic rings. The van der Waals surface area contributed by atoms with Crippen LogP contribution in [0.2, 0.25) is 0 Å². The van der Waals surface area contributed by atoms with Crippen LogP contribution in [0.1, 0.15) is 35.2 Å². The zero-order valence-corrected chi connectivity index (χ0v) is 24.2. The number of likely N-dealkylation sites (N-methyl/N-ethyl adjacent to an activating group) is 1. The van der Waals surface area contributed by atoms with Gasteiger partial charge in [0.05, 0.1) is 11.4 Å². The van der Waals surface area contributed by atoms with Crippen molar-refractivity contribution in [2.24, 2.45) is 11.7 Å². The Kier molecular flexibility index (Phi) is 8.30. The molecule has 2 heterocycles. The van der Waals surface area contributed by atoms with Crippen LogP contribution < -0.4 is 25.4 Å². The molecule has 1 saturated carbocycles. The highest BCUT2D eigenvalue weighted by Gasteiger charge is 2.30. The fourth-order valence-electron chi connectivity index (χ4n) is 5.54. The average molecular weight is 570 g/mol. The van der Waals surface area contributed by atoms with E-state index in [-0.39, 0.29) is 24.5 Å². The van der Waals surface area contributed by atoms with Gasteiger partial charge >= 0.3 is 0 Å². The van der Waals surface area contributed by atoms with E-state index in [9.17, 15) is 9.59 Å². The Bertz CT molecular complexity index is 1450. The van der Waals surface area contributed by atoms with Crippen LogP contribution in [-0.4, -0.2) is 74.7 Å². The van der Waals surface area contributed by atoms with Crippen molar-refractivity contribution in [1.29, 1.82) is 0 Å². The van der Waals surface area contributed by atoms with Crippen LogP contribution in [0.25, 0.3) is 11.1 Å². The van der Waals surface area contributed by atoms with Crippen LogP contribution in [0, 0.1) is 5.92 Å². The van der Waals surface area contributed by atoms with E-state index in [1.54, 1.807) is 18.2 Å². The van der Waals surface area contributed by atoms with Crippen molar-refractivity contribution in [3.63, 3.8) is 0 Å². The van der Waals surface area contributed by atoms with Gasteiger partial charge < -0.3 is 35.2 Å². The predicted molar refractivity (Wildman–Crippen MR) is 164 cm³/mol. The molecular formula is C33H39N5O4. The first-order valence-electron chi connectivity index (χ1n) is 14.9. The quantitative estimate of drug-likeness (QED) is 0.378. The third kappa shape index (κ3) is 6.37. The maximum absolute atomic E-state index is 13.6. The Balaban J connectivity index is 1.24. The zero-order chi connectivity index (χ0) is 29.1. The highest BCUT2D eigenvalue weighted by Crippen LogP contribution is 2.36. The smallest absolute Gasteiger partial charge is 0.254 e. The van der Waals surface area contributed by atoms with E-state index in [0.717, 1.165) is 67.1 Å². The number of amides is 2. The first kappa shape index (κ1) is 28.1. The molecule has 2 fully saturated rings. The minimum absolute atomic E-state index is 0.0752. The molecule has 220 valence electrons. The molecule has 3 aromatic carbocycles. The number of hydrogen-bond acceptors (Lipinski definition) is 7. The lowest BCUT2D eigenvalue weighted by molar-refractivity contribution is -0.117. The summed E-state index contributed by atoms with van der Waals surface area (Å²) in [5.74, 6) is 1.40. The summed E-state index contributed by atoms with van der Waals surface area (Å²) >= 11 is 0. The molecule has 0 bridgehead atoms. The molecule has 0 unspecified atom stereocenters. The Morgan fingerprint density at radius 2 is 1.74 bits per heavy atom. The monoisotopic (exact) mass is 569 g/mol. The van der Waals surface area contributed by atoms with Crippen LogP contribution >= 0.6 is 0 Å². The Labute approximate surface area is 247 Å². The van der Waals surface area contributed by atoms with Crippen LogP contribution in [-0.2, 0) is 11.3 Å². The van der Waals surface area contributed by atoms with Crippen molar-refractivity contribution in [2.45, 2.75) is 25.8 Å². The first-order valence-corrected chi connectivity index (χ1v) is 14.9. The standard InChI is InChI=1S/C33H39N5O4/c1-36-14-16-37(17-15-36)29-10-8-26(19-28(29)35-32(39)24-6-7-24)25-5-2-4-23(18-25)21-38(13-3-12-34)33(40)27-9-11-30-31(20-27)42-22-41-30/h2,4-5,8-11,18-20,24H,3,6-7,12-17,21-22,34H2,1H3,(H,35,39). The number of piperazine rings is 1. The summed E-state index contributed by atoms with van der Waals surface area (Å²) in [5, 5.41) is 3.23. The third-order valence-electron chi connectivity index (χ3n) is 8.22. The minimum atomic E-state index is -0.0752. The molecule has 9 nitrogen and oxygen atoms in total. The van der Waals surface area contributed by atoms with Gasteiger partial charge in [-0.25, -0.2) is 0 Å². The topological polar surface area (TPSA) is 100 Å². The number of benzene rings is 3. The molecule has 3 N–H and O–H groups in total. The summed E-state index contributed by atoms with van der Waals surface area (Å²) < 4.78 is 10.9. The number of ether oxygens (including phenoxy) is 2. The van der Waals surface area contributed by atoms with Crippen molar-refractivity contribution in [1.82, 2.24) is 9.80 Å². The summed E-state index contributed by atoms with van der Waals surface area (Å²) in [6, 6.07) is 19.9. The van der Waals surface area contributed by atoms with E-state index in [4.69, 9.17) is 15.2 Å². The second-order valence-electron chi connectivity index (χ2n) is 11.4. The molecule has 3 aromatic rings. The molecule has 2 amide bonds. The molecule has 9 heteroatoms. The molecule has 0 radical (unpaired) electrons. The van der Waals surface area contributed by atoms with Gasteiger partial charge in [0.2, 0.25) is 12.7 Å². The van der Waals surface area contributed by atoms with E-state index < -0.39 is 0 Å². The van der Waals surface area contributed by atoms with Gasteiger partial charge in [-0.3, -0.25) is 9.59 Å². The summed E-state index contributed by atoms with van der Waals surface area (Å²) in [6.07, 6.45) is 2.62. The number of carbonyl (C=O) groups excluding carboxylic acids is 2. The predicted octanol–water partition coefficient (Wildman–Crippen LogP) is 4.17. The maximum Gasteiger partial charge on any atom is 0.254 e. The van der Waals surface area contributed by atoms with E-state index in [0.29, 0.717) is 43.1 Å². The SMILES string of the molecule is CN1CCN(c2ccc(-c3cccc(CN(CCCN)C(=O)c4ccc5c(c4)OCO5)c3)cc2NC(=O)C2CC2)CC1. The number of nitrogens with zero attached hydrogens (tertiary/aromatic N) is 3. The van der Waals surface area contributed by atoms with Crippen molar-refractivity contribution >= 4 is 23.2 Å². The molecule has 2 aliphatic heterocycles. The Morgan fingerprint density at radius 1 is 0.952 bits per heavy atom. The number of fused-ring (bicyclic) bond motifs is 1. The summed E-state index contributed by atoms with van der Waals surface area (Å²) in [6.45, 7) is 5.49. The summed E-state index contributed by atoms with van der Waals surface area (Å²) in [7, 11) is 2.14. The molecule has 1 saturated heterocycles. The second-order valence-corrected chi connectivity index (χ2v) is 11.4. The lowest BCUT2D eigenvalue weighted by Crippen LogP contribution is -2.44. The van der Waals surface area contributed by atoms with E-state index in [2.05, 4.69) is 52.5 Å². The van der Waals surface area contributed by atoms with Gasteiger partial charge in [0.1, 0.15) is 0 Å². The molecular weight excluding hydrogens is 530 g/mol. The number of hydrogen-bond donors (Lipinski definition) is 2. The fourth-order valence-corrected chi connectivity index (χ4v) is 5.54. The first-order chi connectivity index (χ1) is 20.5. The maximum atomic E-state index is 13.6. The van der Waals surface area contributed by atoms with Gasteiger partial charge in [-0.05, 0) is 85.9 Å². The molecule has 0 aromatic heterocycles. The van der Waals surface area contributed by atoms with Crippen LogP contribution in [0.4, 0.5) is 11.4 Å². The largest absolute Gasteiger partial charge is 0.454 e. The second kappa shape index (κ2) is 12.4. The van der Waals surface area contributed by atoms with E-state index in [1.807, 2.05) is 17.0 Å². The molecule has 6 rings (SSSR count). The Morgan fingerprint density at radius 3 is 2.52 bits per heavy atom. The number of anilines is 2. The molecule has 1 aliphatic carbocycles. The summed E-state index contributed by atoms with van der Waals surface area (Å²) in [5.41, 5.74) is 11.4. The van der Waals surface area contributed by atoms with Crippen LogP contribution in [0.5, 0.6) is 11.5 Å². The summed E-state index contributed by atoms with van der Waals surface area (Å²) in [4.78, 5) is 32.9. The Hall–Kier alpha value is -4.08. The van der Waals surface area contributed by atoms with Crippen LogP contribution in [0.15, 0.2) is 60.7 Å². The third-order valence-corrected chi connectivity index (χ3v) is 8.22. The van der Waals surface area contributed by atoms with Gasteiger partial charge in [0, 0.05) is 50.7 Å². The highest BCUT2D eigenvalue weighted by molar-refractivity contribution is 5.98. The molecule has 0 atom stereocenters. The van der Waals surface area contributed by atoms with Gasteiger partial charge in [0.25, 0.3) is 5.91 Å². The molecule has 0 spiro atoms. The van der Waals surface area contributed by atoms with Crippen molar-refractivity contribution in [3.05, 3.63) is 71.8 Å². The van der Waals surface area contributed by atoms with Crippen molar-refractivity contribution < 1.29 is 19.1 Å². The molecule has 42 heavy (non-hydrogen) atoms. The number of nitrogens with one attached hydrogen (secondary N) is 1. The van der Waals surface area contributed by atoms with E-state index >= 15 is 0 Å². The van der Waals surface area contributed by atoms with Gasteiger partial charge in [-0.2, -0.15) is 0 Å². The van der Waals surface area contributed by atoms with E-state index in [1.165, 1.54) is 0 Å². The fraction of sp³-hybridized carbons (Fsp3) is 0.394. The van der Waals surface area contributed by atoms with Crippen LogP contribution in [0.3, 0.4) is 0 Å². The normalized spacial score (nSPS) is 16.4. The van der Waals surface area contributed by atoms with Gasteiger partial charge in [-0.15, -0.1) is 0 Å². The number of carbonyl (C=O) groups is 2. The van der Waals surface area contributed by atoms with Gasteiger partial charge in [-0.1, -0.05) is 24.3 Å².